The van der Waals surface area contributed by atoms with Crippen LogP contribution in [0.1, 0.15) is 17.7 Å². The molecule has 6 nitrogen and oxygen atoms in total. The van der Waals surface area contributed by atoms with Crippen molar-refractivity contribution in [2.75, 3.05) is 18.1 Å². The molecule has 0 aliphatic carbocycles. The molecule has 0 atom stereocenters. The molecule has 3 rings (SSSR count). The Morgan fingerprint density at radius 3 is 2.69 bits per heavy atom. The minimum Gasteiger partial charge on any atom is -0.454 e. The lowest BCUT2D eigenvalue weighted by Gasteiger charge is -2.29. The fourth-order valence-electron chi connectivity index (χ4n) is 2.79. The second kappa shape index (κ2) is 7.19. The van der Waals surface area contributed by atoms with Crippen molar-refractivity contribution < 1.29 is 27.5 Å². The van der Waals surface area contributed by atoms with E-state index in [1.807, 2.05) is 24.3 Å². The summed E-state index contributed by atoms with van der Waals surface area (Å²) in [6.45, 7) is -0.442. The van der Waals surface area contributed by atoms with Crippen LogP contribution in [0, 0.1) is 0 Å². The summed E-state index contributed by atoms with van der Waals surface area (Å²) in [6.07, 6.45) is -1.86. The molecule has 2 aromatic rings. The number of para-hydroxylation sites is 1. The highest BCUT2D eigenvalue weighted by Crippen LogP contribution is 2.27. The van der Waals surface area contributed by atoms with Crippen LogP contribution in [0.2, 0.25) is 0 Å². The van der Waals surface area contributed by atoms with Crippen LogP contribution in [0.4, 0.5) is 18.9 Å². The average molecular weight is 367 g/mol. The van der Waals surface area contributed by atoms with Gasteiger partial charge in [0.1, 0.15) is 6.54 Å². The molecule has 0 spiro atoms. The molecule has 0 unspecified atom stereocenters. The summed E-state index contributed by atoms with van der Waals surface area (Å²) in [5, 5.41) is 3.26. The molecule has 0 bridgehead atoms. The topological polar surface area (TPSA) is 64.4 Å². The maximum Gasteiger partial charge on any atom is 0.435 e. The van der Waals surface area contributed by atoms with Gasteiger partial charge in [-0.15, -0.1) is 0 Å². The van der Waals surface area contributed by atoms with E-state index < -0.39 is 31.0 Å². The zero-order chi connectivity index (χ0) is 18.7. The van der Waals surface area contributed by atoms with Gasteiger partial charge in [-0.05, 0) is 30.5 Å². The first-order valence-corrected chi connectivity index (χ1v) is 7.99. The van der Waals surface area contributed by atoms with Gasteiger partial charge in [-0.3, -0.25) is 14.3 Å². The monoisotopic (exact) mass is 367 g/mol. The van der Waals surface area contributed by atoms with Gasteiger partial charge in [-0.25, -0.2) is 0 Å². The summed E-state index contributed by atoms with van der Waals surface area (Å²) < 4.78 is 43.2. The molecule has 1 amide bonds. The summed E-state index contributed by atoms with van der Waals surface area (Å²) >= 11 is 0. The van der Waals surface area contributed by atoms with Crippen molar-refractivity contribution in [2.24, 2.45) is 0 Å². The number of aryl methyl sites for hydroxylation is 1. The Hall–Kier alpha value is -2.84. The van der Waals surface area contributed by atoms with Gasteiger partial charge in [-0.1, -0.05) is 18.2 Å². The first-order valence-electron chi connectivity index (χ1n) is 7.99. The smallest absolute Gasteiger partial charge is 0.435 e. The highest BCUT2D eigenvalue weighted by molar-refractivity contribution is 5.96. The number of benzene rings is 1. The van der Waals surface area contributed by atoms with E-state index in [1.165, 1.54) is 0 Å². The zero-order valence-corrected chi connectivity index (χ0v) is 13.7. The quantitative estimate of drug-likeness (QED) is 0.779. The maximum atomic E-state index is 12.5. The van der Waals surface area contributed by atoms with Crippen LogP contribution in [-0.2, 0) is 33.5 Å². The molecule has 0 N–H and O–H groups in total. The molecule has 26 heavy (non-hydrogen) atoms. The Morgan fingerprint density at radius 1 is 1.19 bits per heavy atom. The molecule has 1 aromatic heterocycles. The number of esters is 1. The lowest BCUT2D eigenvalue weighted by atomic mass is 10.0. The normalized spacial score (nSPS) is 14.0. The van der Waals surface area contributed by atoms with Gasteiger partial charge in [0.25, 0.3) is 5.91 Å². The van der Waals surface area contributed by atoms with Gasteiger partial charge in [0.15, 0.2) is 12.3 Å². The van der Waals surface area contributed by atoms with E-state index in [0.29, 0.717) is 6.54 Å². The predicted octanol–water partition coefficient (Wildman–Crippen LogP) is 2.42. The molecule has 1 aliphatic heterocycles. The summed E-state index contributed by atoms with van der Waals surface area (Å²) in [5.41, 5.74) is 0.752. The van der Waals surface area contributed by atoms with Gasteiger partial charge in [-0.2, -0.15) is 18.3 Å². The highest BCUT2D eigenvalue weighted by atomic mass is 19.4. The molecule has 2 heterocycles. The number of hydrogen-bond donors (Lipinski definition) is 0. The number of alkyl halides is 3. The third-order valence-electron chi connectivity index (χ3n) is 3.99. The summed E-state index contributed by atoms with van der Waals surface area (Å²) in [4.78, 5) is 25.7. The number of amides is 1. The molecule has 9 heteroatoms. The third-order valence-corrected chi connectivity index (χ3v) is 3.99. The number of aromatic nitrogens is 2. The highest BCUT2D eigenvalue weighted by Gasteiger charge is 2.33. The van der Waals surface area contributed by atoms with Crippen molar-refractivity contribution in [3.63, 3.8) is 0 Å². The van der Waals surface area contributed by atoms with Crippen LogP contribution < -0.4 is 4.90 Å². The van der Waals surface area contributed by atoms with Gasteiger partial charge >= 0.3 is 12.1 Å². The largest absolute Gasteiger partial charge is 0.454 e. The minimum atomic E-state index is -4.58. The Morgan fingerprint density at radius 2 is 1.96 bits per heavy atom. The molecule has 1 aliphatic rings. The van der Waals surface area contributed by atoms with Gasteiger partial charge in [0.2, 0.25) is 0 Å². The van der Waals surface area contributed by atoms with Gasteiger partial charge in [0, 0.05) is 18.4 Å². The van der Waals surface area contributed by atoms with Crippen molar-refractivity contribution in [3.05, 3.63) is 47.8 Å². The number of nitrogens with zero attached hydrogens (tertiary/aromatic N) is 3. The van der Waals surface area contributed by atoms with E-state index in [-0.39, 0.29) is 5.91 Å². The standard InChI is InChI=1S/C17H16F3N3O3/c18-17(19,20)14-7-9-22(21-14)10-16(25)26-11-15(24)23-8-3-5-12-4-1-2-6-13(12)23/h1-2,4,6-7,9H,3,5,8,10-11H2. The van der Waals surface area contributed by atoms with E-state index >= 15 is 0 Å². The summed E-state index contributed by atoms with van der Waals surface area (Å²) in [6, 6.07) is 8.26. The van der Waals surface area contributed by atoms with Crippen molar-refractivity contribution >= 4 is 17.6 Å². The number of carbonyl (C=O) groups excluding carboxylic acids is 2. The van der Waals surface area contributed by atoms with E-state index in [4.69, 9.17) is 4.74 Å². The molecule has 0 radical (unpaired) electrons. The predicted molar refractivity (Wildman–Crippen MR) is 85.3 cm³/mol. The number of rotatable bonds is 4. The van der Waals surface area contributed by atoms with E-state index in [9.17, 15) is 22.8 Å². The fourth-order valence-corrected chi connectivity index (χ4v) is 2.79. The first kappa shape index (κ1) is 18.0. The Bertz CT molecular complexity index is 817. The lowest BCUT2D eigenvalue weighted by Crippen LogP contribution is -2.38. The number of ether oxygens (including phenoxy) is 1. The van der Waals surface area contributed by atoms with Crippen molar-refractivity contribution in [1.29, 1.82) is 0 Å². The van der Waals surface area contributed by atoms with Crippen molar-refractivity contribution in [3.8, 4) is 0 Å². The minimum absolute atomic E-state index is 0.373. The molecular formula is C17H16F3N3O3. The Labute approximate surface area is 147 Å². The number of hydrogen-bond acceptors (Lipinski definition) is 4. The van der Waals surface area contributed by atoms with Crippen LogP contribution in [0.25, 0.3) is 0 Å². The second-order valence-corrected chi connectivity index (χ2v) is 5.83. The van der Waals surface area contributed by atoms with E-state index in [2.05, 4.69) is 5.10 Å². The molecule has 0 fully saturated rings. The molecule has 1 aromatic carbocycles. The molecular weight excluding hydrogens is 351 g/mol. The number of carbonyl (C=O) groups is 2. The Kier molecular flexibility index (Phi) is 4.97. The van der Waals surface area contributed by atoms with Gasteiger partial charge < -0.3 is 9.64 Å². The van der Waals surface area contributed by atoms with E-state index in [1.54, 1.807) is 4.90 Å². The number of anilines is 1. The second-order valence-electron chi connectivity index (χ2n) is 5.83. The SMILES string of the molecule is O=C(Cn1ccc(C(F)(F)F)n1)OCC(=O)N1CCCc2ccccc21. The van der Waals surface area contributed by atoms with Crippen LogP contribution in [0.5, 0.6) is 0 Å². The Balaban J connectivity index is 1.55. The molecule has 0 saturated carbocycles. The average Bonchev–Trinajstić information content (AvgIpc) is 3.08. The summed E-state index contributed by atoms with van der Waals surface area (Å²) in [5.74, 6) is -1.21. The van der Waals surface area contributed by atoms with E-state index in [0.717, 1.165) is 41.0 Å². The van der Waals surface area contributed by atoms with Crippen LogP contribution in [0.15, 0.2) is 36.5 Å². The van der Waals surface area contributed by atoms with Crippen LogP contribution >= 0.6 is 0 Å². The maximum absolute atomic E-state index is 12.5. The lowest BCUT2D eigenvalue weighted by molar-refractivity contribution is -0.149. The number of halogens is 3. The number of fused-ring (bicyclic) bond motifs is 1. The third kappa shape index (κ3) is 4.04. The van der Waals surface area contributed by atoms with Crippen molar-refractivity contribution in [2.45, 2.75) is 25.6 Å². The summed E-state index contributed by atoms with van der Waals surface area (Å²) in [7, 11) is 0. The molecule has 138 valence electrons. The van der Waals surface area contributed by atoms with Crippen LogP contribution in [-0.4, -0.2) is 34.8 Å². The first-order chi connectivity index (χ1) is 12.3. The zero-order valence-electron chi connectivity index (χ0n) is 13.7. The molecule has 0 saturated heterocycles. The van der Waals surface area contributed by atoms with Crippen LogP contribution in [0.3, 0.4) is 0 Å². The fraction of sp³-hybridized carbons (Fsp3) is 0.353. The van der Waals surface area contributed by atoms with Crippen molar-refractivity contribution in [1.82, 2.24) is 9.78 Å². The van der Waals surface area contributed by atoms with Gasteiger partial charge in [0.05, 0.1) is 0 Å².